The number of hydrogen-bond acceptors (Lipinski definition) is 6. The van der Waals surface area contributed by atoms with Gasteiger partial charge >= 0.3 is 6.03 Å². The molecule has 9 nitrogen and oxygen atoms in total. The molecule has 0 bridgehead atoms. The summed E-state index contributed by atoms with van der Waals surface area (Å²) in [6.45, 7) is 3.80. The van der Waals surface area contributed by atoms with Crippen LogP contribution < -0.4 is 20.1 Å². The second-order valence-electron chi connectivity index (χ2n) is 8.62. The topological polar surface area (TPSA) is 121 Å². The van der Waals surface area contributed by atoms with Gasteiger partial charge < -0.3 is 20.1 Å². The maximum atomic E-state index is 12.9. The molecule has 1 fully saturated rings. The highest BCUT2D eigenvalue weighted by molar-refractivity contribution is 9.10. The molecule has 1 heterocycles. The van der Waals surface area contributed by atoms with Gasteiger partial charge in [-0.3, -0.25) is 9.59 Å². The molecule has 1 aliphatic rings. The van der Waals surface area contributed by atoms with Crippen LogP contribution in [0.15, 0.2) is 70.8 Å². The average molecular weight is 589 g/mol. The fourth-order valence-corrected chi connectivity index (χ4v) is 4.50. The highest BCUT2D eigenvalue weighted by atomic mass is 79.9. The van der Waals surface area contributed by atoms with Crippen molar-refractivity contribution in [3.63, 3.8) is 0 Å². The maximum absolute atomic E-state index is 12.9. The second kappa shape index (κ2) is 12.3. The van der Waals surface area contributed by atoms with Gasteiger partial charge in [-0.05, 0) is 77.3 Å². The molecule has 10 heteroatoms. The number of rotatable bonds is 9. The summed E-state index contributed by atoms with van der Waals surface area (Å²) in [5.41, 5.74) is 3.37. The minimum atomic E-state index is -0.689. The monoisotopic (exact) mass is 588 g/mol. The molecule has 1 aliphatic heterocycles. The molecule has 0 aromatic heterocycles. The number of halogens is 1. The molecule has 1 saturated heterocycles. The number of amides is 4. The third-order valence-corrected chi connectivity index (χ3v) is 6.31. The number of nitrogens with one attached hydrogen (secondary N) is 2. The standard InChI is InChI=1S/C29H25BrN4O5/c1-3-38-25-14-19(12-23(30)27(25)39-17-21-9-5-4-8-20(21)15-31)13-24-28(36)34(29(37)33-24)16-26(35)32-22-10-6-7-18(2)11-22/h4-14H,3,16-17H2,1-2H3,(H,32,35)(H,33,37)/b24-13+. The Morgan fingerprint density at radius 1 is 1.13 bits per heavy atom. The lowest BCUT2D eigenvalue weighted by Crippen LogP contribution is -2.38. The molecule has 0 aliphatic carbocycles. The van der Waals surface area contributed by atoms with Gasteiger partial charge in [-0.2, -0.15) is 5.26 Å². The summed E-state index contributed by atoms with van der Waals surface area (Å²) in [5.74, 6) is -0.268. The van der Waals surface area contributed by atoms with Crippen molar-refractivity contribution in [2.75, 3.05) is 18.5 Å². The lowest BCUT2D eigenvalue weighted by molar-refractivity contribution is -0.127. The Balaban J connectivity index is 1.50. The first-order chi connectivity index (χ1) is 18.8. The number of carbonyl (C=O) groups excluding carboxylic acids is 3. The third-order valence-electron chi connectivity index (χ3n) is 5.72. The minimum Gasteiger partial charge on any atom is -0.490 e. The molecule has 198 valence electrons. The van der Waals surface area contributed by atoms with Gasteiger partial charge in [0, 0.05) is 11.3 Å². The fraction of sp³-hybridized carbons (Fsp3) is 0.172. The largest absolute Gasteiger partial charge is 0.490 e. The van der Waals surface area contributed by atoms with Crippen LogP contribution in [0.1, 0.15) is 29.2 Å². The molecule has 3 aromatic carbocycles. The molecule has 0 spiro atoms. The molecule has 0 unspecified atom stereocenters. The first-order valence-electron chi connectivity index (χ1n) is 12.1. The summed E-state index contributed by atoms with van der Waals surface area (Å²) >= 11 is 3.50. The van der Waals surface area contributed by atoms with Gasteiger partial charge in [-0.25, -0.2) is 9.69 Å². The van der Waals surface area contributed by atoms with E-state index < -0.39 is 24.4 Å². The van der Waals surface area contributed by atoms with E-state index in [9.17, 15) is 19.6 Å². The Kier molecular flexibility index (Phi) is 8.63. The lowest BCUT2D eigenvalue weighted by atomic mass is 10.1. The van der Waals surface area contributed by atoms with Crippen molar-refractivity contribution in [2.45, 2.75) is 20.5 Å². The van der Waals surface area contributed by atoms with Crippen LogP contribution in [0.25, 0.3) is 6.08 Å². The van der Waals surface area contributed by atoms with E-state index in [1.54, 1.807) is 42.5 Å². The van der Waals surface area contributed by atoms with Crippen molar-refractivity contribution in [3.8, 4) is 17.6 Å². The zero-order valence-electron chi connectivity index (χ0n) is 21.3. The molecule has 4 amide bonds. The number of imide groups is 1. The summed E-state index contributed by atoms with van der Waals surface area (Å²) < 4.78 is 12.3. The number of ether oxygens (including phenoxy) is 2. The van der Waals surface area contributed by atoms with Gasteiger partial charge in [0.15, 0.2) is 11.5 Å². The summed E-state index contributed by atoms with van der Waals surface area (Å²) in [6.07, 6.45) is 1.50. The average Bonchev–Trinajstić information content (AvgIpc) is 3.15. The van der Waals surface area contributed by atoms with Crippen molar-refractivity contribution in [3.05, 3.63) is 93.1 Å². The predicted molar refractivity (Wildman–Crippen MR) is 149 cm³/mol. The van der Waals surface area contributed by atoms with E-state index >= 15 is 0 Å². The molecule has 0 atom stereocenters. The smallest absolute Gasteiger partial charge is 0.329 e. The summed E-state index contributed by atoms with van der Waals surface area (Å²) in [4.78, 5) is 38.8. The SMILES string of the molecule is CCOc1cc(/C=C2/NC(=O)N(CC(=O)Nc3cccc(C)c3)C2=O)cc(Br)c1OCc1ccccc1C#N. The fourth-order valence-electron chi connectivity index (χ4n) is 3.93. The predicted octanol–water partition coefficient (Wildman–Crippen LogP) is 5.14. The highest BCUT2D eigenvalue weighted by Crippen LogP contribution is 2.38. The van der Waals surface area contributed by atoms with Gasteiger partial charge in [-0.15, -0.1) is 0 Å². The van der Waals surface area contributed by atoms with E-state index in [0.29, 0.717) is 39.4 Å². The van der Waals surface area contributed by atoms with Crippen LogP contribution in [0, 0.1) is 18.3 Å². The third kappa shape index (κ3) is 6.64. The van der Waals surface area contributed by atoms with Crippen LogP contribution in [0.3, 0.4) is 0 Å². The Hall–Kier alpha value is -4.62. The Morgan fingerprint density at radius 3 is 2.67 bits per heavy atom. The van der Waals surface area contributed by atoms with Crippen LogP contribution in [-0.2, 0) is 16.2 Å². The van der Waals surface area contributed by atoms with E-state index in [-0.39, 0.29) is 12.3 Å². The van der Waals surface area contributed by atoms with Gasteiger partial charge in [0.25, 0.3) is 5.91 Å². The second-order valence-corrected chi connectivity index (χ2v) is 9.47. The molecule has 0 saturated carbocycles. The van der Waals surface area contributed by atoms with E-state index in [0.717, 1.165) is 16.0 Å². The first-order valence-corrected chi connectivity index (χ1v) is 12.9. The van der Waals surface area contributed by atoms with Crippen LogP contribution in [0.4, 0.5) is 10.5 Å². The Labute approximate surface area is 234 Å². The van der Waals surface area contributed by atoms with E-state index in [1.165, 1.54) is 6.08 Å². The van der Waals surface area contributed by atoms with E-state index in [1.807, 2.05) is 32.0 Å². The summed E-state index contributed by atoms with van der Waals surface area (Å²) in [5, 5.41) is 14.6. The van der Waals surface area contributed by atoms with Crippen LogP contribution in [-0.4, -0.2) is 35.9 Å². The molecule has 39 heavy (non-hydrogen) atoms. The molecule has 2 N–H and O–H groups in total. The molecule has 4 rings (SSSR count). The van der Waals surface area contributed by atoms with Crippen molar-refractivity contribution in [1.82, 2.24) is 10.2 Å². The number of urea groups is 1. The van der Waals surface area contributed by atoms with Crippen molar-refractivity contribution < 1.29 is 23.9 Å². The number of carbonyl (C=O) groups is 3. The number of benzene rings is 3. The van der Waals surface area contributed by atoms with Gasteiger partial charge in [-0.1, -0.05) is 30.3 Å². The van der Waals surface area contributed by atoms with Crippen LogP contribution >= 0.6 is 15.9 Å². The quantitative estimate of drug-likeness (QED) is 0.264. The van der Waals surface area contributed by atoms with Gasteiger partial charge in [0.2, 0.25) is 5.91 Å². The molecular weight excluding hydrogens is 564 g/mol. The maximum Gasteiger partial charge on any atom is 0.329 e. The van der Waals surface area contributed by atoms with E-state index in [4.69, 9.17) is 9.47 Å². The van der Waals surface area contributed by atoms with Gasteiger partial charge in [0.05, 0.1) is 22.7 Å². The minimum absolute atomic E-state index is 0.0225. The lowest BCUT2D eigenvalue weighted by Gasteiger charge is -2.15. The van der Waals surface area contributed by atoms with E-state index in [2.05, 4.69) is 32.6 Å². The van der Waals surface area contributed by atoms with Crippen molar-refractivity contribution in [1.29, 1.82) is 5.26 Å². The van der Waals surface area contributed by atoms with Crippen molar-refractivity contribution in [2.24, 2.45) is 0 Å². The number of anilines is 1. The zero-order chi connectivity index (χ0) is 27.9. The highest BCUT2D eigenvalue weighted by Gasteiger charge is 2.35. The Morgan fingerprint density at radius 2 is 1.92 bits per heavy atom. The molecular formula is C29H25BrN4O5. The molecule has 3 aromatic rings. The summed E-state index contributed by atoms with van der Waals surface area (Å²) in [6, 6.07) is 19.2. The summed E-state index contributed by atoms with van der Waals surface area (Å²) in [7, 11) is 0. The first kappa shape index (κ1) is 27.4. The normalized spacial score (nSPS) is 13.7. The number of nitrogens with zero attached hydrogens (tertiary/aromatic N) is 2. The number of hydrogen-bond donors (Lipinski definition) is 2. The Bertz CT molecular complexity index is 1510. The van der Waals surface area contributed by atoms with Crippen LogP contribution in [0.5, 0.6) is 11.5 Å². The number of nitriles is 1. The number of aryl methyl sites for hydroxylation is 1. The van der Waals surface area contributed by atoms with Crippen molar-refractivity contribution >= 4 is 45.5 Å². The molecule has 0 radical (unpaired) electrons. The zero-order valence-corrected chi connectivity index (χ0v) is 22.9. The van der Waals surface area contributed by atoms with Gasteiger partial charge in [0.1, 0.15) is 18.8 Å². The van der Waals surface area contributed by atoms with Crippen LogP contribution in [0.2, 0.25) is 0 Å².